The number of benzene rings is 3. The summed E-state index contributed by atoms with van der Waals surface area (Å²) in [5.74, 6) is -0.395. The van der Waals surface area contributed by atoms with E-state index in [4.69, 9.17) is 11.6 Å². The van der Waals surface area contributed by atoms with Crippen LogP contribution in [0.15, 0.2) is 71.6 Å². The molecule has 1 atom stereocenters. The van der Waals surface area contributed by atoms with Gasteiger partial charge in [-0.2, -0.15) is 0 Å². The maximum Gasteiger partial charge on any atom is 0.264 e. The number of hydrogen-bond acceptors (Lipinski definition) is 3. The lowest BCUT2D eigenvalue weighted by Gasteiger charge is -2.25. The minimum atomic E-state index is -3.98. The fraction of sp³-hybridized carbons (Fsp3) is 0.240. The zero-order valence-electron chi connectivity index (χ0n) is 18.6. The van der Waals surface area contributed by atoms with E-state index in [1.807, 2.05) is 58.0 Å². The second-order valence-corrected chi connectivity index (χ2v) is 10.2. The summed E-state index contributed by atoms with van der Waals surface area (Å²) in [6.07, 6.45) is 0. The Morgan fingerprint density at radius 1 is 0.938 bits per heavy atom. The van der Waals surface area contributed by atoms with Crippen molar-refractivity contribution in [3.63, 3.8) is 0 Å². The number of hydrogen-bond donors (Lipinski definition) is 1. The Bertz CT molecular complexity index is 1210. The van der Waals surface area contributed by atoms with Gasteiger partial charge in [0.05, 0.1) is 16.6 Å². The molecule has 0 heterocycles. The Balaban J connectivity index is 1.88. The van der Waals surface area contributed by atoms with E-state index >= 15 is 0 Å². The van der Waals surface area contributed by atoms with Gasteiger partial charge >= 0.3 is 0 Å². The zero-order chi connectivity index (χ0) is 23.5. The molecule has 3 aromatic rings. The minimum absolute atomic E-state index is 0.0671. The van der Waals surface area contributed by atoms with Crippen molar-refractivity contribution in [3.8, 4) is 0 Å². The van der Waals surface area contributed by atoms with Crippen molar-refractivity contribution in [1.29, 1.82) is 0 Å². The summed E-state index contributed by atoms with van der Waals surface area (Å²) >= 11 is 5.92. The first-order valence-corrected chi connectivity index (χ1v) is 12.1. The first-order chi connectivity index (χ1) is 15.1. The summed E-state index contributed by atoms with van der Waals surface area (Å²) in [5.41, 5.74) is 4.68. The van der Waals surface area contributed by atoms with E-state index in [2.05, 4.69) is 5.32 Å². The van der Waals surface area contributed by atoms with Crippen molar-refractivity contribution >= 4 is 33.2 Å². The first kappa shape index (κ1) is 23.8. The van der Waals surface area contributed by atoms with E-state index in [-0.39, 0.29) is 17.5 Å². The first-order valence-electron chi connectivity index (χ1n) is 10.3. The molecule has 0 aromatic heterocycles. The van der Waals surface area contributed by atoms with Crippen LogP contribution in [0.2, 0.25) is 5.02 Å². The number of nitrogens with zero attached hydrogens (tertiary/aromatic N) is 1. The summed E-state index contributed by atoms with van der Waals surface area (Å²) < 4.78 is 27.9. The molecule has 0 spiro atoms. The topological polar surface area (TPSA) is 66.5 Å². The number of halogens is 1. The zero-order valence-corrected chi connectivity index (χ0v) is 20.2. The molecule has 7 heteroatoms. The van der Waals surface area contributed by atoms with Gasteiger partial charge in [0.15, 0.2) is 0 Å². The maximum absolute atomic E-state index is 13.4. The third-order valence-corrected chi connectivity index (χ3v) is 7.46. The number of anilines is 1. The Morgan fingerprint density at radius 2 is 1.56 bits per heavy atom. The molecule has 3 rings (SSSR count). The lowest BCUT2D eigenvalue weighted by Crippen LogP contribution is -2.41. The number of aryl methyl sites for hydroxylation is 3. The standard InChI is InChI=1S/C25H27ClN2O3S/c1-17-5-11-23(12-6-17)28(32(30,31)24-13-9-22(26)10-14-24)16-25(29)27-20(4)21-8-7-18(2)19(3)15-21/h5-15,20H,16H2,1-4H3,(H,27,29). The molecule has 5 nitrogen and oxygen atoms in total. The highest BCUT2D eigenvalue weighted by atomic mass is 35.5. The van der Waals surface area contributed by atoms with Crippen LogP contribution >= 0.6 is 11.6 Å². The van der Waals surface area contributed by atoms with E-state index in [0.717, 1.165) is 21.0 Å². The van der Waals surface area contributed by atoms with Crippen LogP contribution < -0.4 is 9.62 Å². The smallest absolute Gasteiger partial charge is 0.264 e. The average molecular weight is 471 g/mol. The number of sulfonamides is 1. The second-order valence-electron chi connectivity index (χ2n) is 7.93. The van der Waals surface area contributed by atoms with Gasteiger partial charge in [-0.15, -0.1) is 0 Å². The number of carbonyl (C=O) groups is 1. The Labute approximate surface area is 195 Å². The summed E-state index contributed by atoms with van der Waals surface area (Å²) in [6.45, 7) is 7.50. The van der Waals surface area contributed by atoms with Gasteiger partial charge in [-0.25, -0.2) is 8.42 Å². The van der Waals surface area contributed by atoms with Crippen molar-refractivity contribution in [3.05, 3.63) is 94.0 Å². The van der Waals surface area contributed by atoms with Gasteiger partial charge < -0.3 is 5.32 Å². The van der Waals surface area contributed by atoms with Crippen LogP contribution in [-0.2, 0) is 14.8 Å². The van der Waals surface area contributed by atoms with Crippen molar-refractivity contribution in [2.45, 2.75) is 38.6 Å². The van der Waals surface area contributed by atoms with Gasteiger partial charge in [-0.05, 0) is 80.8 Å². The van der Waals surface area contributed by atoms with Crippen LogP contribution in [0.25, 0.3) is 0 Å². The SMILES string of the molecule is Cc1ccc(N(CC(=O)NC(C)c2ccc(C)c(C)c2)S(=O)(=O)c2ccc(Cl)cc2)cc1. The van der Waals surface area contributed by atoms with E-state index in [1.165, 1.54) is 29.8 Å². The van der Waals surface area contributed by atoms with Gasteiger partial charge in [-0.3, -0.25) is 9.10 Å². The molecule has 0 aliphatic heterocycles. The van der Waals surface area contributed by atoms with Gasteiger partial charge in [0, 0.05) is 5.02 Å². The lowest BCUT2D eigenvalue weighted by atomic mass is 10.0. The monoisotopic (exact) mass is 470 g/mol. The lowest BCUT2D eigenvalue weighted by molar-refractivity contribution is -0.120. The Hall–Kier alpha value is -2.83. The second kappa shape index (κ2) is 9.76. The van der Waals surface area contributed by atoms with Crippen molar-refractivity contribution in [1.82, 2.24) is 5.32 Å². The quantitative estimate of drug-likeness (QED) is 0.507. The van der Waals surface area contributed by atoms with E-state index in [0.29, 0.717) is 10.7 Å². The maximum atomic E-state index is 13.4. The van der Waals surface area contributed by atoms with E-state index < -0.39 is 15.9 Å². The molecular formula is C25H27ClN2O3S. The molecule has 0 saturated heterocycles. The highest BCUT2D eigenvalue weighted by Crippen LogP contribution is 2.25. The largest absolute Gasteiger partial charge is 0.348 e. The third kappa shape index (κ3) is 5.50. The predicted molar refractivity (Wildman–Crippen MR) is 130 cm³/mol. The molecule has 168 valence electrons. The van der Waals surface area contributed by atoms with E-state index in [9.17, 15) is 13.2 Å². The number of amides is 1. The molecular weight excluding hydrogens is 444 g/mol. The molecule has 0 aliphatic carbocycles. The summed E-state index contributed by atoms with van der Waals surface area (Å²) in [5, 5.41) is 3.36. The third-order valence-electron chi connectivity index (χ3n) is 5.42. The Morgan fingerprint density at radius 3 is 2.16 bits per heavy atom. The average Bonchev–Trinajstić information content (AvgIpc) is 2.75. The highest BCUT2D eigenvalue weighted by Gasteiger charge is 2.27. The molecule has 32 heavy (non-hydrogen) atoms. The number of carbonyl (C=O) groups excluding carboxylic acids is 1. The van der Waals surface area contributed by atoms with Crippen molar-refractivity contribution in [2.75, 3.05) is 10.8 Å². The molecule has 3 aromatic carbocycles. The molecule has 0 bridgehead atoms. The molecule has 1 unspecified atom stereocenters. The Kier molecular flexibility index (Phi) is 7.26. The van der Waals surface area contributed by atoms with Crippen LogP contribution in [0.1, 0.15) is 35.2 Å². The highest BCUT2D eigenvalue weighted by molar-refractivity contribution is 7.92. The molecule has 0 radical (unpaired) electrons. The van der Waals surface area contributed by atoms with Crippen LogP contribution in [0.4, 0.5) is 5.69 Å². The molecule has 0 saturated carbocycles. The fourth-order valence-electron chi connectivity index (χ4n) is 3.29. The van der Waals surface area contributed by atoms with Crippen molar-refractivity contribution < 1.29 is 13.2 Å². The van der Waals surface area contributed by atoms with Gasteiger partial charge in [0.2, 0.25) is 5.91 Å². The summed E-state index contributed by atoms with van der Waals surface area (Å²) in [6, 6.07) is 18.7. The minimum Gasteiger partial charge on any atom is -0.348 e. The van der Waals surface area contributed by atoms with Crippen LogP contribution in [0.5, 0.6) is 0 Å². The van der Waals surface area contributed by atoms with Gasteiger partial charge in [0.25, 0.3) is 10.0 Å². The van der Waals surface area contributed by atoms with Crippen LogP contribution in [-0.4, -0.2) is 20.9 Å². The predicted octanol–water partition coefficient (Wildman–Crippen LogP) is 5.34. The molecule has 0 aliphatic rings. The van der Waals surface area contributed by atoms with Gasteiger partial charge in [0.1, 0.15) is 6.54 Å². The summed E-state index contributed by atoms with van der Waals surface area (Å²) in [7, 11) is -3.98. The van der Waals surface area contributed by atoms with Crippen LogP contribution in [0, 0.1) is 20.8 Å². The van der Waals surface area contributed by atoms with Crippen molar-refractivity contribution in [2.24, 2.45) is 0 Å². The number of rotatable bonds is 7. The normalized spacial score (nSPS) is 12.3. The number of nitrogens with one attached hydrogen (secondary N) is 1. The molecule has 1 amide bonds. The summed E-state index contributed by atoms with van der Waals surface area (Å²) in [4.78, 5) is 13.0. The molecule has 1 N–H and O–H groups in total. The fourth-order valence-corrected chi connectivity index (χ4v) is 4.84. The van der Waals surface area contributed by atoms with Gasteiger partial charge in [-0.1, -0.05) is 47.5 Å². The van der Waals surface area contributed by atoms with E-state index in [1.54, 1.807) is 12.1 Å². The van der Waals surface area contributed by atoms with Crippen LogP contribution in [0.3, 0.4) is 0 Å². The molecule has 0 fully saturated rings.